The van der Waals surface area contributed by atoms with E-state index in [1.54, 1.807) is 0 Å². The molecule has 0 aromatic carbocycles. The van der Waals surface area contributed by atoms with E-state index in [0.29, 0.717) is 0 Å². The first-order valence-electron chi connectivity index (χ1n) is 0. The summed E-state index contributed by atoms with van der Waals surface area (Å²) < 4.78 is 0. The zero-order valence-electron chi connectivity index (χ0n) is 1.74. The van der Waals surface area contributed by atoms with Crippen molar-refractivity contribution in [3.05, 3.63) is 0 Å². The Labute approximate surface area is 94.5 Å². The van der Waals surface area contributed by atoms with Crippen molar-refractivity contribution in [1.29, 1.82) is 0 Å². The molecular formula is CuFeMnSr. The maximum Gasteiger partial charge on any atom is 0 e. The molecule has 0 spiro atoms. The molecule has 0 aromatic rings. The Kier molecular flexibility index (Phi) is 115. The molecule has 0 saturated heterocycles. The first-order valence-corrected chi connectivity index (χ1v) is 0. The van der Waals surface area contributed by atoms with Crippen LogP contribution >= 0.6 is 0 Å². The molecule has 0 atom stereocenters. The third-order valence-corrected chi connectivity index (χ3v) is 0. The smallest absolute Gasteiger partial charge is 0 e. The summed E-state index contributed by atoms with van der Waals surface area (Å²) in [5.41, 5.74) is 0. The number of rotatable bonds is 0. The molecule has 0 nitrogen and oxygen atoms in total. The third kappa shape index (κ3) is 8.90. The van der Waals surface area contributed by atoms with Gasteiger partial charge in [0.2, 0.25) is 0 Å². The van der Waals surface area contributed by atoms with E-state index in [4.69, 9.17) is 0 Å². The monoisotopic (exact) mass is 262 g/mol. The summed E-state index contributed by atoms with van der Waals surface area (Å²) >= 11 is 0. The second-order valence-electron chi connectivity index (χ2n) is 0. The summed E-state index contributed by atoms with van der Waals surface area (Å²) in [7, 11) is 0. The maximum absolute atomic E-state index is 0. The van der Waals surface area contributed by atoms with Crippen LogP contribution in [0, 0.1) is 0 Å². The number of hydrogen-bond donors (Lipinski definition) is 0. The molecule has 4 radical (unpaired) electrons. The van der Waals surface area contributed by atoms with Crippen molar-refractivity contribution in [2.24, 2.45) is 0 Å². The van der Waals surface area contributed by atoms with Crippen LogP contribution in [0.25, 0.3) is 0 Å². The zero-order chi connectivity index (χ0) is 0. The second-order valence-corrected chi connectivity index (χ2v) is 0. The van der Waals surface area contributed by atoms with Crippen molar-refractivity contribution in [1.82, 2.24) is 0 Å². The Hall–Kier alpha value is 3.04. The molecule has 28 valence electrons. The molecule has 4 heavy (non-hydrogen) atoms. The zero-order valence-corrected chi connectivity index (χ0v) is 8.44. The van der Waals surface area contributed by atoms with Crippen LogP contribution in [0.2, 0.25) is 0 Å². The minimum Gasteiger partial charge on any atom is 0 e. The van der Waals surface area contributed by atoms with E-state index in [1.165, 1.54) is 0 Å². The fourth-order valence-corrected chi connectivity index (χ4v) is 0. The van der Waals surface area contributed by atoms with Gasteiger partial charge in [0.1, 0.15) is 0 Å². The van der Waals surface area contributed by atoms with Crippen LogP contribution in [0.15, 0.2) is 0 Å². The Morgan fingerprint density at radius 1 is 1.00 bits per heavy atom. The second kappa shape index (κ2) is 16.6. The fraction of sp³-hybridized carbons (Fsp3) is 0. The van der Waals surface area contributed by atoms with Crippen molar-refractivity contribution in [3.63, 3.8) is 0 Å². The van der Waals surface area contributed by atoms with Gasteiger partial charge in [-0.15, -0.1) is 0 Å². The van der Waals surface area contributed by atoms with Gasteiger partial charge in [-0.05, 0) is 0 Å². The predicted molar refractivity (Wildman–Crippen MR) is 5.75 cm³/mol. The molecule has 0 aliphatic heterocycles. The van der Waals surface area contributed by atoms with Crippen LogP contribution in [0.3, 0.4) is 0 Å². The molecule has 0 saturated carbocycles. The van der Waals surface area contributed by atoms with Gasteiger partial charge in [-0.25, -0.2) is 0 Å². The van der Waals surface area contributed by atoms with E-state index in [9.17, 15) is 0 Å². The molecule has 0 bridgehead atoms. The Bertz CT molecular complexity index is 8.00. The van der Waals surface area contributed by atoms with Crippen LogP contribution in [0.5, 0.6) is 0 Å². The molecule has 0 aliphatic rings. The summed E-state index contributed by atoms with van der Waals surface area (Å²) in [5.74, 6) is 0. The molecule has 0 heterocycles. The van der Waals surface area contributed by atoms with Crippen LogP contribution < -0.4 is 0 Å². The predicted octanol–water partition coefficient (Wildman–Crippen LogP) is -0.388. The standard InChI is InChI=1S/Cu.Fe.Mn.Sr. The van der Waals surface area contributed by atoms with Gasteiger partial charge in [-0.3, -0.25) is 0 Å². The topological polar surface area (TPSA) is 0 Å². The maximum atomic E-state index is 0. The van der Waals surface area contributed by atoms with Crippen LogP contribution in [-0.2, 0) is 51.2 Å². The molecule has 0 unspecified atom stereocenters. The Balaban J connectivity index is 0. The summed E-state index contributed by atoms with van der Waals surface area (Å²) in [6.07, 6.45) is 0. The summed E-state index contributed by atoms with van der Waals surface area (Å²) in [6.45, 7) is 0. The van der Waals surface area contributed by atoms with Gasteiger partial charge < -0.3 is 0 Å². The SMILES string of the molecule is [Cu].[Fe].[Mn].[Sr]. The van der Waals surface area contributed by atoms with Gasteiger partial charge in [0.05, 0.1) is 0 Å². The van der Waals surface area contributed by atoms with E-state index >= 15 is 0 Å². The van der Waals surface area contributed by atoms with E-state index < -0.39 is 0 Å². The van der Waals surface area contributed by atoms with Crippen molar-refractivity contribution < 1.29 is 51.2 Å². The molecular weight excluding hydrogens is 262 g/mol. The molecule has 0 rings (SSSR count). The van der Waals surface area contributed by atoms with E-state index in [0.717, 1.165) is 0 Å². The van der Waals surface area contributed by atoms with Gasteiger partial charge in [0.15, 0.2) is 0 Å². The molecule has 0 aromatic heterocycles. The van der Waals surface area contributed by atoms with Crippen molar-refractivity contribution in [2.45, 2.75) is 0 Å². The molecule has 0 amide bonds. The Morgan fingerprint density at radius 3 is 1.00 bits per heavy atom. The summed E-state index contributed by atoms with van der Waals surface area (Å²) in [4.78, 5) is 0. The van der Waals surface area contributed by atoms with Crippen molar-refractivity contribution in [3.8, 4) is 0 Å². The molecule has 0 aliphatic carbocycles. The first kappa shape index (κ1) is 27.8. The Morgan fingerprint density at radius 2 is 1.00 bits per heavy atom. The first-order chi connectivity index (χ1) is 0. The van der Waals surface area contributed by atoms with E-state index in [1.807, 2.05) is 0 Å². The molecule has 0 N–H and O–H groups in total. The summed E-state index contributed by atoms with van der Waals surface area (Å²) in [6, 6.07) is 0. The van der Waals surface area contributed by atoms with Crippen LogP contribution in [0.4, 0.5) is 0 Å². The van der Waals surface area contributed by atoms with Crippen LogP contribution in [-0.4, -0.2) is 45.5 Å². The molecule has 4 heteroatoms. The van der Waals surface area contributed by atoms with Gasteiger partial charge in [0, 0.05) is 96.7 Å². The summed E-state index contributed by atoms with van der Waals surface area (Å²) in [5, 5.41) is 0. The minimum absolute atomic E-state index is 0. The largest absolute Gasteiger partial charge is 0 e. The van der Waals surface area contributed by atoms with E-state index in [2.05, 4.69) is 0 Å². The average Bonchev–Trinajstić information content (AvgIpc) is 0. The van der Waals surface area contributed by atoms with E-state index in [-0.39, 0.29) is 96.7 Å². The van der Waals surface area contributed by atoms with Gasteiger partial charge in [-0.2, -0.15) is 0 Å². The van der Waals surface area contributed by atoms with Crippen molar-refractivity contribution >= 4 is 45.5 Å². The third-order valence-electron chi connectivity index (χ3n) is 0. The van der Waals surface area contributed by atoms with Gasteiger partial charge >= 0.3 is 0 Å². The number of hydrogen-bond acceptors (Lipinski definition) is 0. The van der Waals surface area contributed by atoms with Crippen molar-refractivity contribution in [2.75, 3.05) is 0 Å². The van der Waals surface area contributed by atoms with Crippen LogP contribution in [0.1, 0.15) is 0 Å². The average molecular weight is 262 g/mol. The minimum atomic E-state index is 0. The fourth-order valence-electron chi connectivity index (χ4n) is 0. The quantitative estimate of drug-likeness (QED) is 0.522. The van der Waals surface area contributed by atoms with Gasteiger partial charge in [-0.1, -0.05) is 0 Å². The molecule has 0 fully saturated rings. The normalized spacial score (nSPS) is 0. The van der Waals surface area contributed by atoms with Gasteiger partial charge in [0.25, 0.3) is 0 Å².